The van der Waals surface area contributed by atoms with Crippen LogP contribution in [0.3, 0.4) is 0 Å². The van der Waals surface area contributed by atoms with Crippen LogP contribution in [-0.4, -0.2) is 17.5 Å². The van der Waals surface area contributed by atoms with Gasteiger partial charge in [0.05, 0.1) is 5.60 Å². The molecule has 0 bridgehead atoms. The zero-order valence-corrected chi connectivity index (χ0v) is 12.9. The summed E-state index contributed by atoms with van der Waals surface area (Å²) in [4.78, 5) is 0. The van der Waals surface area contributed by atoms with Crippen LogP contribution < -0.4 is 0 Å². The zero-order valence-electron chi connectivity index (χ0n) is 11.3. The molecule has 1 nitrogen and oxygen atoms in total. The SMILES string of the molecule is CCOC(CC)(CC)CCC/C(C)=C/CBr. The highest BCUT2D eigenvalue weighted by Gasteiger charge is 2.25. The Hall–Kier alpha value is 0.180. The first-order valence-corrected chi connectivity index (χ1v) is 7.61. The third-order valence-corrected chi connectivity index (χ3v) is 3.69. The van der Waals surface area contributed by atoms with Gasteiger partial charge in [0.2, 0.25) is 0 Å². The van der Waals surface area contributed by atoms with Crippen molar-refractivity contribution in [3.8, 4) is 0 Å². The Balaban J connectivity index is 4.07. The molecule has 0 aliphatic carbocycles. The highest BCUT2D eigenvalue weighted by atomic mass is 79.9. The second kappa shape index (κ2) is 9.23. The molecule has 0 amide bonds. The lowest BCUT2D eigenvalue weighted by Crippen LogP contribution is -2.31. The molecular formula is C14H27BrO. The molecule has 0 atom stereocenters. The Morgan fingerprint density at radius 2 is 1.88 bits per heavy atom. The van der Waals surface area contributed by atoms with E-state index in [2.05, 4.69) is 49.7 Å². The molecule has 0 aromatic heterocycles. The van der Waals surface area contributed by atoms with Crippen LogP contribution in [0.2, 0.25) is 0 Å². The highest BCUT2D eigenvalue weighted by Crippen LogP contribution is 2.27. The third kappa shape index (κ3) is 6.05. The molecule has 0 radical (unpaired) electrons. The molecule has 0 saturated heterocycles. The van der Waals surface area contributed by atoms with Crippen LogP contribution in [-0.2, 0) is 4.74 Å². The summed E-state index contributed by atoms with van der Waals surface area (Å²) in [5, 5.41) is 0.969. The first kappa shape index (κ1) is 16.2. The van der Waals surface area contributed by atoms with Gasteiger partial charge in [0, 0.05) is 11.9 Å². The van der Waals surface area contributed by atoms with Gasteiger partial charge in [-0.05, 0) is 46.0 Å². The van der Waals surface area contributed by atoms with Gasteiger partial charge < -0.3 is 4.74 Å². The Morgan fingerprint density at radius 1 is 1.25 bits per heavy atom. The summed E-state index contributed by atoms with van der Waals surface area (Å²) in [5.74, 6) is 0. The van der Waals surface area contributed by atoms with Crippen molar-refractivity contribution in [1.82, 2.24) is 0 Å². The van der Waals surface area contributed by atoms with Crippen LogP contribution in [0.1, 0.15) is 59.8 Å². The zero-order chi connectivity index (χ0) is 12.4. The van der Waals surface area contributed by atoms with Gasteiger partial charge in [-0.2, -0.15) is 0 Å². The maximum absolute atomic E-state index is 5.94. The highest BCUT2D eigenvalue weighted by molar-refractivity contribution is 9.09. The Bertz CT molecular complexity index is 195. The van der Waals surface area contributed by atoms with E-state index < -0.39 is 0 Å². The molecule has 0 aliphatic rings. The smallest absolute Gasteiger partial charge is 0.0677 e. The van der Waals surface area contributed by atoms with Crippen LogP contribution in [0.15, 0.2) is 11.6 Å². The number of rotatable bonds is 9. The molecule has 0 unspecified atom stereocenters. The first-order chi connectivity index (χ1) is 7.64. The first-order valence-electron chi connectivity index (χ1n) is 6.49. The minimum Gasteiger partial charge on any atom is -0.375 e. The topological polar surface area (TPSA) is 9.23 Å². The maximum Gasteiger partial charge on any atom is 0.0677 e. The summed E-state index contributed by atoms with van der Waals surface area (Å²) in [7, 11) is 0. The van der Waals surface area contributed by atoms with E-state index in [9.17, 15) is 0 Å². The lowest BCUT2D eigenvalue weighted by molar-refractivity contribution is -0.0523. The third-order valence-electron chi connectivity index (χ3n) is 3.37. The Labute approximate surface area is 110 Å². The normalized spacial score (nSPS) is 13.2. The van der Waals surface area contributed by atoms with Crippen molar-refractivity contribution in [3.63, 3.8) is 0 Å². The summed E-state index contributed by atoms with van der Waals surface area (Å²) in [6.45, 7) is 9.61. The predicted octanol–water partition coefficient (Wildman–Crippen LogP) is 5.09. The Morgan fingerprint density at radius 3 is 2.31 bits per heavy atom. The molecule has 0 N–H and O–H groups in total. The van der Waals surface area contributed by atoms with Crippen LogP contribution >= 0.6 is 15.9 Å². The van der Waals surface area contributed by atoms with E-state index in [0.717, 1.165) is 24.8 Å². The molecule has 16 heavy (non-hydrogen) atoms. The van der Waals surface area contributed by atoms with E-state index in [4.69, 9.17) is 4.74 Å². The van der Waals surface area contributed by atoms with Gasteiger partial charge in [0.1, 0.15) is 0 Å². The molecule has 96 valence electrons. The number of allylic oxidation sites excluding steroid dienone is 2. The molecular weight excluding hydrogens is 264 g/mol. The van der Waals surface area contributed by atoms with E-state index in [0.29, 0.717) is 0 Å². The fourth-order valence-corrected chi connectivity index (χ4v) is 2.66. The van der Waals surface area contributed by atoms with Gasteiger partial charge in [-0.15, -0.1) is 0 Å². The van der Waals surface area contributed by atoms with E-state index in [-0.39, 0.29) is 5.60 Å². The summed E-state index contributed by atoms with van der Waals surface area (Å²) in [6, 6.07) is 0. The van der Waals surface area contributed by atoms with Gasteiger partial charge in [0.15, 0.2) is 0 Å². The van der Waals surface area contributed by atoms with Crippen molar-refractivity contribution >= 4 is 15.9 Å². The minimum atomic E-state index is 0.128. The van der Waals surface area contributed by atoms with E-state index in [1.807, 2.05) is 0 Å². The summed E-state index contributed by atoms with van der Waals surface area (Å²) in [6.07, 6.45) is 8.11. The average Bonchev–Trinajstić information content (AvgIpc) is 2.28. The van der Waals surface area contributed by atoms with Gasteiger partial charge in [-0.3, -0.25) is 0 Å². The number of halogens is 1. The quantitative estimate of drug-likeness (QED) is 0.424. The van der Waals surface area contributed by atoms with Crippen molar-refractivity contribution in [2.24, 2.45) is 0 Å². The van der Waals surface area contributed by atoms with Crippen molar-refractivity contribution in [2.75, 3.05) is 11.9 Å². The van der Waals surface area contributed by atoms with Crippen LogP contribution in [0.5, 0.6) is 0 Å². The van der Waals surface area contributed by atoms with Crippen molar-refractivity contribution in [2.45, 2.75) is 65.4 Å². The maximum atomic E-state index is 5.94. The minimum absolute atomic E-state index is 0.128. The monoisotopic (exact) mass is 290 g/mol. The number of hydrogen-bond acceptors (Lipinski definition) is 1. The molecule has 0 spiro atoms. The van der Waals surface area contributed by atoms with Crippen LogP contribution in [0, 0.1) is 0 Å². The number of hydrogen-bond donors (Lipinski definition) is 0. The molecule has 0 fully saturated rings. The standard InChI is InChI=1S/C14H27BrO/c1-5-14(6-2,16-7-3)11-8-9-13(4)10-12-15/h10H,5-9,11-12H2,1-4H3/b13-10+. The molecule has 0 aromatic carbocycles. The van der Waals surface area contributed by atoms with Crippen LogP contribution in [0.4, 0.5) is 0 Å². The summed E-state index contributed by atoms with van der Waals surface area (Å²) in [5.41, 5.74) is 1.61. The number of alkyl halides is 1. The van der Waals surface area contributed by atoms with E-state index in [1.165, 1.54) is 24.8 Å². The average molecular weight is 291 g/mol. The van der Waals surface area contributed by atoms with E-state index >= 15 is 0 Å². The second-order valence-corrected chi connectivity index (χ2v) is 5.03. The Kier molecular flexibility index (Phi) is 9.34. The van der Waals surface area contributed by atoms with Gasteiger partial charge >= 0.3 is 0 Å². The summed E-state index contributed by atoms with van der Waals surface area (Å²) >= 11 is 3.43. The summed E-state index contributed by atoms with van der Waals surface area (Å²) < 4.78 is 5.94. The molecule has 0 saturated carbocycles. The molecule has 0 rings (SSSR count). The second-order valence-electron chi connectivity index (χ2n) is 4.38. The molecule has 2 heteroatoms. The molecule has 0 aliphatic heterocycles. The van der Waals surface area contributed by atoms with Crippen molar-refractivity contribution in [1.29, 1.82) is 0 Å². The lowest BCUT2D eigenvalue weighted by atomic mass is 9.90. The molecule has 0 aromatic rings. The molecule has 0 heterocycles. The lowest BCUT2D eigenvalue weighted by Gasteiger charge is -2.31. The van der Waals surface area contributed by atoms with Gasteiger partial charge in [0.25, 0.3) is 0 Å². The largest absolute Gasteiger partial charge is 0.375 e. The van der Waals surface area contributed by atoms with Crippen molar-refractivity contribution in [3.05, 3.63) is 11.6 Å². The fraction of sp³-hybridized carbons (Fsp3) is 0.857. The van der Waals surface area contributed by atoms with Crippen molar-refractivity contribution < 1.29 is 4.74 Å². The van der Waals surface area contributed by atoms with Crippen LogP contribution in [0.25, 0.3) is 0 Å². The number of ether oxygens (including phenoxy) is 1. The van der Waals surface area contributed by atoms with Gasteiger partial charge in [-0.25, -0.2) is 0 Å². The fourth-order valence-electron chi connectivity index (χ4n) is 2.11. The van der Waals surface area contributed by atoms with E-state index in [1.54, 1.807) is 0 Å². The predicted molar refractivity (Wildman–Crippen MR) is 76.3 cm³/mol. The van der Waals surface area contributed by atoms with Gasteiger partial charge in [-0.1, -0.05) is 41.4 Å².